The second kappa shape index (κ2) is 4.78. The fourth-order valence-corrected chi connectivity index (χ4v) is 2.02. The van der Waals surface area contributed by atoms with Crippen LogP contribution < -0.4 is 10.5 Å². The lowest BCUT2D eigenvalue weighted by Gasteiger charge is -2.06. The number of nitrogens with zero attached hydrogens (tertiary/aromatic N) is 2. The van der Waals surface area contributed by atoms with Gasteiger partial charge in [0.15, 0.2) is 11.6 Å². The predicted molar refractivity (Wildman–Crippen MR) is 67.8 cm³/mol. The summed E-state index contributed by atoms with van der Waals surface area (Å²) in [6, 6.07) is 4.79. The van der Waals surface area contributed by atoms with Crippen molar-refractivity contribution in [2.45, 2.75) is 13.5 Å². The number of ether oxygens (including phenoxy) is 1. The Kier molecular flexibility index (Phi) is 3.34. The molecular weight excluding hydrogens is 233 g/mol. The van der Waals surface area contributed by atoms with E-state index in [-0.39, 0.29) is 5.75 Å². The third-order valence-electron chi connectivity index (χ3n) is 3.02. The van der Waals surface area contributed by atoms with Crippen LogP contribution in [0.3, 0.4) is 0 Å². The van der Waals surface area contributed by atoms with Crippen LogP contribution in [0.25, 0.3) is 11.4 Å². The molecule has 0 radical (unpaired) electrons. The van der Waals surface area contributed by atoms with Gasteiger partial charge in [0.2, 0.25) is 0 Å². The Labute approximate surface area is 105 Å². The van der Waals surface area contributed by atoms with Gasteiger partial charge in [-0.3, -0.25) is 0 Å². The smallest absolute Gasteiger partial charge is 0.165 e. The Morgan fingerprint density at radius 1 is 1.44 bits per heavy atom. The number of hydrogen-bond donors (Lipinski definition) is 1. The SMILES string of the molecule is COc1ccc(-c2nc(C)c(CN)n2C)cc1F. The molecule has 0 aliphatic carbocycles. The first-order chi connectivity index (χ1) is 8.58. The highest BCUT2D eigenvalue weighted by molar-refractivity contribution is 5.58. The zero-order chi connectivity index (χ0) is 13.3. The van der Waals surface area contributed by atoms with Crippen LogP contribution in [0.2, 0.25) is 0 Å². The van der Waals surface area contributed by atoms with Crippen LogP contribution in [0, 0.1) is 12.7 Å². The van der Waals surface area contributed by atoms with Gasteiger partial charge in [-0.1, -0.05) is 0 Å². The minimum absolute atomic E-state index is 0.226. The van der Waals surface area contributed by atoms with Gasteiger partial charge in [0.25, 0.3) is 0 Å². The van der Waals surface area contributed by atoms with Crippen molar-refractivity contribution in [2.24, 2.45) is 12.8 Å². The van der Waals surface area contributed by atoms with Crippen molar-refractivity contribution in [2.75, 3.05) is 7.11 Å². The summed E-state index contributed by atoms with van der Waals surface area (Å²) in [6.45, 7) is 2.31. The Morgan fingerprint density at radius 2 is 2.17 bits per heavy atom. The fraction of sp³-hybridized carbons (Fsp3) is 0.308. The van der Waals surface area contributed by atoms with E-state index in [2.05, 4.69) is 4.98 Å². The molecule has 0 spiro atoms. The van der Waals surface area contributed by atoms with Gasteiger partial charge >= 0.3 is 0 Å². The molecule has 0 bridgehead atoms. The van der Waals surface area contributed by atoms with Crippen LogP contribution in [0.4, 0.5) is 4.39 Å². The van der Waals surface area contributed by atoms with Gasteiger partial charge in [0.1, 0.15) is 5.82 Å². The van der Waals surface area contributed by atoms with E-state index in [0.29, 0.717) is 17.9 Å². The molecule has 2 N–H and O–H groups in total. The molecule has 0 aliphatic rings. The molecule has 4 nitrogen and oxygen atoms in total. The maximum absolute atomic E-state index is 13.7. The molecule has 1 aromatic heterocycles. The maximum atomic E-state index is 13.7. The molecule has 0 saturated carbocycles. The highest BCUT2D eigenvalue weighted by Crippen LogP contribution is 2.26. The minimum atomic E-state index is -0.398. The first-order valence-electron chi connectivity index (χ1n) is 5.64. The maximum Gasteiger partial charge on any atom is 0.165 e. The number of rotatable bonds is 3. The quantitative estimate of drug-likeness (QED) is 0.905. The molecule has 1 aromatic carbocycles. The van der Waals surface area contributed by atoms with E-state index in [1.807, 2.05) is 18.5 Å². The van der Waals surface area contributed by atoms with Crippen molar-refractivity contribution < 1.29 is 9.13 Å². The lowest BCUT2D eigenvalue weighted by Crippen LogP contribution is -2.05. The van der Waals surface area contributed by atoms with Gasteiger partial charge in [0.05, 0.1) is 18.5 Å². The van der Waals surface area contributed by atoms with Gasteiger partial charge in [-0.15, -0.1) is 0 Å². The highest BCUT2D eigenvalue weighted by atomic mass is 19.1. The monoisotopic (exact) mass is 249 g/mol. The number of halogens is 1. The summed E-state index contributed by atoms with van der Waals surface area (Å²) in [5.74, 6) is 0.531. The van der Waals surface area contributed by atoms with Gasteiger partial charge in [-0.25, -0.2) is 9.37 Å². The summed E-state index contributed by atoms with van der Waals surface area (Å²) < 4.78 is 20.4. The topological polar surface area (TPSA) is 53.1 Å². The van der Waals surface area contributed by atoms with E-state index in [1.165, 1.54) is 13.2 Å². The number of methoxy groups -OCH3 is 1. The predicted octanol–water partition coefficient (Wildman–Crippen LogP) is 2.00. The van der Waals surface area contributed by atoms with Crippen LogP contribution in [-0.4, -0.2) is 16.7 Å². The lowest BCUT2D eigenvalue weighted by molar-refractivity contribution is 0.386. The van der Waals surface area contributed by atoms with Crippen LogP contribution in [0.5, 0.6) is 5.75 Å². The molecular formula is C13H16FN3O. The van der Waals surface area contributed by atoms with Crippen molar-refractivity contribution >= 4 is 0 Å². The number of aryl methyl sites for hydroxylation is 1. The summed E-state index contributed by atoms with van der Waals surface area (Å²) in [4.78, 5) is 4.42. The Bertz CT molecular complexity index is 578. The molecule has 5 heteroatoms. The average Bonchev–Trinajstić information content (AvgIpc) is 2.64. The fourth-order valence-electron chi connectivity index (χ4n) is 2.02. The molecule has 2 rings (SSSR count). The molecule has 0 unspecified atom stereocenters. The molecule has 96 valence electrons. The molecule has 18 heavy (non-hydrogen) atoms. The Balaban J connectivity index is 2.52. The number of benzene rings is 1. The van der Waals surface area contributed by atoms with Crippen LogP contribution >= 0.6 is 0 Å². The van der Waals surface area contributed by atoms with E-state index in [9.17, 15) is 4.39 Å². The van der Waals surface area contributed by atoms with Crippen LogP contribution in [-0.2, 0) is 13.6 Å². The van der Waals surface area contributed by atoms with Crippen LogP contribution in [0.1, 0.15) is 11.4 Å². The normalized spacial score (nSPS) is 10.7. The number of aromatic nitrogens is 2. The lowest BCUT2D eigenvalue weighted by atomic mass is 10.2. The van der Waals surface area contributed by atoms with Crippen LogP contribution in [0.15, 0.2) is 18.2 Å². The zero-order valence-electron chi connectivity index (χ0n) is 10.7. The molecule has 0 atom stereocenters. The van der Waals surface area contributed by atoms with Gasteiger partial charge in [0, 0.05) is 19.2 Å². The zero-order valence-corrected chi connectivity index (χ0v) is 10.7. The molecule has 0 fully saturated rings. The first kappa shape index (κ1) is 12.6. The second-order valence-corrected chi connectivity index (χ2v) is 4.08. The van der Waals surface area contributed by atoms with Gasteiger partial charge < -0.3 is 15.0 Å². The third kappa shape index (κ3) is 1.97. The van der Waals surface area contributed by atoms with Crippen molar-refractivity contribution in [3.8, 4) is 17.1 Å². The van der Waals surface area contributed by atoms with Crippen molar-refractivity contribution in [1.29, 1.82) is 0 Å². The highest BCUT2D eigenvalue weighted by Gasteiger charge is 2.13. The Hall–Kier alpha value is -1.88. The molecule has 0 aliphatic heterocycles. The van der Waals surface area contributed by atoms with E-state index < -0.39 is 5.82 Å². The summed E-state index contributed by atoms with van der Waals surface area (Å²) in [7, 11) is 3.31. The van der Waals surface area contributed by atoms with Crippen molar-refractivity contribution in [3.63, 3.8) is 0 Å². The largest absolute Gasteiger partial charge is 0.494 e. The van der Waals surface area contributed by atoms with E-state index in [0.717, 1.165) is 11.4 Å². The van der Waals surface area contributed by atoms with Gasteiger partial charge in [-0.2, -0.15) is 0 Å². The average molecular weight is 249 g/mol. The molecule has 0 amide bonds. The van der Waals surface area contributed by atoms with E-state index >= 15 is 0 Å². The van der Waals surface area contributed by atoms with Gasteiger partial charge in [-0.05, 0) is 25.1 Å². The van der Waals surface area contributed by atoms with E-state index in [1.54, 1.807) is 12.1 Å². The summed E-state index contributed by atoms with van der Waals surface area (Å²) >= 11 is 0. The number of nitrogens with two attached hydrogens (primary N) is 1. The minimum Gasteiger partial charge on any atom is -0.494 e. The second-order valence-electron chi connectivity index (χ2n) is 4.08. The molecule has 1 heterocycles. The van der Waals surface area contributed by atoms with E-state index in [4.69, 9.17) is 10.5 Å². The molecule has 2 aromatic rings. The third-order valence-corrected chi connectivity index (χ3v) is 3.02. The van der Waals surface area contributed by atoms with Crippen molar-refractivity contribution in [1.82, 2.24) is 9.55 Å². The Morgan fingerprint density at radius 3 is 2.67 bits per heavy atom. The number of hydrogen-bond acceptors (Lipinski definition) is 3. The standard InChI is InChI=1S/C13H16FN3O/c1-8-11(7-15)17(2)13(16-8)9-4-5-12(18-3)10(14)6-9/h4-6H,7,15H2,1-3H3. The van der Waals surface area contributed by atoms with Crippen molar-refractivity contribution in [3.05, 3.63) is 35.4 Å². The molecule has 0 saturated heterocycles. The first-order valence-corrected chi connectivity index (χ1v) is 5.64. The summed E-state index contributed by atoms with van der Waals surface area (Å²) in [6.07, 6.45) is 0. The summed E-state index contributed by atoms with van der Waals surface area (Å²) in [5, 5.41) is 0. The summed E-state index contributed by atoms with van der Waals surface area (Å²) in [5.41, 5.74) is 8.18. The number of imidazole rings is 1.